The van der Waals surface area contributed by atoms with Gasteiger partial charge in [0.1, 0.15) is 12.1 Å². The van der Waals surface area contributed by atoms with Crippen molar-refractivity contribution in [3.05, 3.63) is 29.5 Å². The van der Waals surface area contributed by atoms with Crippen molar-refractivity contribution in [2.24, 2.45) is 5.92 Å². The summed E-state index contributed by atoms with van der Waals surface area (Å²) >= 11 is 5.89. The van der Waals surface area contributed by atoms with Crippen LogP contribution in [0.5, 0.6) is 5.75 Å². The minimum absolute atomic E-state index is 0.0442. The van der Waals surface area contributed by atoms with E-state index in [-0.39, 0.29) is 10.8 Å². The molecule has 1 aliphatic carbocycles. The summed E-state index contributed by atoms with van der Waals surface area (Å²) in [6.45, 7) is 0.897. The van der Waals surface area contributed by atoms with E-state index in [9.17, 15) is 5.11 Å². The Bertz CT molecular complexity index is 661. The van der Waals surface area contributed by atoms with Crippen LogP contribution in [0.2, 0.25) is 5.02 Å². The number of hydrogen-bond donors (Lipinski definition) is 3. The molecule has 1 saturated carbocycles. The molecule has 1 aliphatic rings. The summed E-state index contributed by atoms with van der Waals surface area (Å²) in [4.78, 5) is 12.6. The number of phenolic OH excluding ortho intramolecular Hbond substituents is 1. The summed E-state index contributed by atoms with van der Waals surface area (Å²) in [7, 11) is 0. The zero-order valence-corrected chi connectivity index (χ0v) is 13.6. The fourth-order valence-electron chi connectivity index (χ4n) is 2.78. The first-order valence-corrected chi connectivity index (χ1v) is 8.27. The number of nitrogens with one attached hydrogen (secondary N) is 2. The van der Waals surface area contributed by atoms with Crippen LogP contribution in [0.1, 0.15) is 32.1 Å². The van der Waals surface area contributed by atoms with E-state index in [0.717, 1.165) is 6.54 Å². The summed E-state index contributed by atoms with van der Waals surface area (Å²) in [5.74, 6) is 1.75. The third kappa shape index (κ3) is 4.45. The van der Waals surface area contributed by atoms with Gasteiger partial charge in [0.15, 0.2) is 0 Å². The average Bonchev–Trinajstić information content (AvgIpc) is 2.58. The van der Waals surface area contributed by atoms with Gasteiger partial charge in [-0.15, -0.1) is 0 Å². The fourth-order valence-corrected chi connectivity index (χ4v) is 2.96. The molecule has 1 fully saturated rings. The molecule has 7 heteroatoms. The Morgan fingerprint density at radius 3 is 2.70 bits per heavy atom. The van der Waals surface area contributed by atoms with Crippen molar-refractivity contribution in [3.63, 3.8) is 0 Å². The Hall–Kier alpha value is -2.08. The number of hydrogen-bond acceptors (Lipinski definition) is 6. The lowest BCUT2D eigenvalue weighted by Gasteiger charge is -2.21. The van der Waals surface area contributed by atoms with E-state index in [0.29, 0.717) is 23.5 Å². The van der Waals surface area contributed by atoms with Gasteiger partial charge in [-0.25, -0.2) is 9.97 Å². The quantitative estimate of drug-likeness (QED) is 0.718. The molecule has 6 nitrogen and oxygen atoms in total. The number of nitrogens with zero attached hydrogens (tertiary/aromatic N) is 3. The molecule has 2 aromatic rings. The smallest absolute Gasteiger partial charge is 0.231 e. The van der Waals surface area contributed by atoms with E-state index in [4.69, 9.17) is 11.6 Å². The molecular weight excluding hydrogens is 314 g/mol. The van der Waals surface area contributed by atoms with Gasteiger partial charge in [0.2, 0.25) is 11.9 Å². The molecule has 122 valence electrons. The van der Waals surface area contributed by atoms with Gasteiger partial charge in [0, 0.05) is 12.2 Å². The predicted molar refractivity (Wildman–Crippen MR) is 91.3 cm³/mol. The fraction of sp³-hybridized carbons (Fsp3) is 0.438. The highest BCUT2D eigenvalue weighted by atomic mass is 35.5. The highest BCUT2D eigenvalue weighted by molar-refractivity contribution is 6.32. The summed E-state index contributed by atoms with van der Waals surface area (Å²) in [6.07, 6.45) is 8.01. The maximum absolute atomic E-state index is 9.44. The number of anilines is 3. The van der Waals surface area contributed by atoms with Crippen LogP contribution in [0.4, 0.5) is 17.6 Å². The zero-order chi connectivity index (χ0) is 16.1. The van der Waals surface area contributed by atoms with E-state index in [2.05, 4.69) is 25.6 Å². The second-order valence-electron chi connectivity index (χ2n) is 5.81. The first-order chi connectivity index (χ1) is 11.2. The van der Waals surface area contributed by atoms with Crippen molar-refractivity contribution in [2.45, 2.75) is 32.1 Å². The summed E-state index contributed by atoms with van der Waals surface area (Å²) in [6, 6.07) is 4.85. The van der Waals surface area contributed by atoms with Gasteiger partial charge in [-0.3, -0.25) is 0 Å². The minimum atomic E-state index is 0.0442. The number of aromatic nitrogens is 3. The van der Waals surface area contributed by atoms with Gasteiger partial charge in [0.05, 0.1) is 5.02 Å². The Morgan fingerprint density at radius 2 is 1.91 bits per heavy atom. The Balaban J connectivity index is 1.61. The maximum Gasteiger partial charge on any atom is 0.231 e. The largest absolute Gasteiger partial charge is 0.506 e. The van der Waals surface area contributed by atoms with Gasteiger partial charge < -0.3 is 15.7 Å². The van der Waals surface area contributed by atoms with E-state index >= 15 is 0 Å². The second-order valence-corrected chi connectivity index (χ2v) is 6.22. The number of halogens is 1. The lowest BCUT2D eigenvalue weighted by molar-refractivity contribution is 0.373. The number of rotatable bonds is 5. The molecule has 23 heavy (non-hydrogen) atoms. The Kier molecular flexibility index (Phi) is 5.12. The molecular formula is C16H20ClN5O. The first kappa shape index (κ1) is 15.8. The molecule has 0 radical (unpaired) electrons. The van der Waals surface area contributed by atoms with E-state index in [1.165, 1.54) is 44.5 Å². The SMILES string of the molecule is Oc1ccc(Nc2ncnc(NCC3CCCCC3)n2)cc1Cl. The van der Waals surface area contributed by atoms with Crippen molar-refractivity contribution in [1.29, 1.82) is 0 Å². The average molecular weight is 334 g/mol. The van der Waals surface area contributed by atoms with Crippen LogP contribution in [0.25, 0.3) is 0 Å². The van der Waals surface area contributed by atoms with Crippen LogP contribution in [-0.4, -0.2) is 26.6 Å². The van der Waals surface area contributed by atoms with E-state index in [1.807, 2.05) is 0 Å². The molecule has 0 aliphatic heterocycles. The standard InChI is InChI=1S/C16H20ClN5O/c17-13-8-12(6-7-14(13)23)21-16-20-10-19-15(22-16)18-9-11-4-2-1-3-5-11/h6-8,10-11,23H,1-5,9H2,(H2,18,19,20,21,22). The molecule has 1 aromatic carbocycles. The summed E-state index contributed by atoms with van der Waals surface area (Å²) < 4.78 is 0. The molecule has 3 N–H and O–H groups in total. The topological polar surface area (TPSA) is 83.0 Å². The predicted octanol–water partition coefficient (Wildman–Crippen LogP) is 3.97. The van der Waals surface area contributed by atoms with Gasteiger partial charge in [-0.2, -0.15) is 4.98 Å². The number of aromatic hydroxyl groups is 1. The normalized spacial score (nSPS) is 15.3. The van der Waals surface area contributed by atoms with Crippen LogP contribution in [-0.2, 0) is 0 Å². The molecule has 0 atom stereocenters. The van der Waals surface area contributed by atoms with Crippen LogP contribution in [0.15, 0.2) is 24.5 Å². The van der Waals surface area contributed by atoms with Gasteiger partial charge in [-0.1, -0.05) is 30.9 Å². The molecule has 0 unspecified atom stereocenters. The highest BCUT2D eigenvalue weighted by Crippen LogP contribution is 2.27. The molecule has 0 amide bonds. The van der Waals surface area contributed by atoms with Gasteiger partial charge >= 0.3 is 0 Å². The molecule has 3 rings (SSSR count). The highest BCUT2D eigenvalue weighted by Gasteiger charge is 2.13. The van der Waals surface area contributed by atoms with Crippen molar-refractivity contribution in [2.75, 3.05) is 17.2 Å². The number of phenols is 1. The Morgan fingerprint density at radius 1 is 1.13 bits per heavy atom. The van der Waals surface area contributed by atoms with E-state index < -0.39 is 0 Å². The van der Waals surface area contributed by atoms with Crippen molar-refractivity contribution < 1.29 is 5.11 Å². The van der Waals surface area contributed by atoms with E-state index in [1.54, 1.807) is 12.1 Å². The van der Waals surface area contributed by atoms with Crippen LogP contribution < -0.4 is 10.6 Å². The molecule has 1 heterocycles. The van der Waals surface area contributed by atoms with Gasteiger partial charge in [0.25, 0.3) is 0 Å². The zero-order valence-electron chi connectivity index (χ0n) is 12.8. The van der Waals surface area contributed by atoms with Crippen LogP contribution in [0.3, 0.4) is 0 Å². The third-order valence-corrected chi connectivity index (χ3v) is 4.35. The van der Waals surface area contributed by atoms with Gasteiger partial charge in [-0.05, 0) is 37.0 Å². The molecule has 1 aromatic heterocycles. The lowest BCUT2D eigenvalue weighted by atomic mass is 9.89. The minimum Gasteiger partial charge on any atom is -0.506 e. The maximum atomic E-state index is 9.44. The van der Waals surface area contributed by atoms with Crippen LogP contribution >= 0.6 is 11.6 Å². The van der Waals surface area contributed by atoms with Crippen LogP contribution in [0, 0.1) is 5.92 Å². The lowest BCUT2D eigenvalue weighted by Crippen LogP contribution is -2.18. The third-order valence-electron chi connectivity index (χ3n) is 4.05. The second kappa shape index (κ2) is 7.46. The Labute approximate surface area is 140 Å². The summed E-state index contributed by atoms with van der Waals surface area (Å²) in [5, 5.41) is 16.1. The molecule has 0 spiro atoms. The van der Waals surface area contributed by atoms with Crippen molar-refractivity contribution >= 4 is 29.2 Å². The first-order valence-electron chi connectivity index (χ1n) is 7.89. The monoisotopic (exact) mass is 333 g/mol. The number of benzene rings is 1. The summed E-state index contributed by atoms with van der Waals surface area (Å²) in [5.41, 5.74) is 0.706. The molecule has 0 saturated heterocycles. The van der Waals surface area contributed by atoms with Crippen molar-refractivity contribution in [3.8, 4) is 5.75 Å². The van der Waals surface area contributed by atoms with Crippen molar-refractivity contribution in [1.82, 2.24) is 15.0 Å². The molecule has 0 bridgehead atoms.